The molecule has 0 unspecified atom stereocenters. The summed E-state index contributed by atoms with van der Waals surface area (Å²) in [5.74, 6) is 1.37. The Morgan fingerprint density at radius 1 is 1.30 bits per heavy atom. The van der Waals surface area contributed by atoms with Crippen LogP contribution in [-0.4, -0.2) is 23.0 Å². The molecule has 6 heteroatoms. The highest BCUT2D eigenvalue weighted by Gasteiger charge is 2.30. The Labute approximate surface area is 121 Å². The zero-order chi connectivity index (χ0) is 14.1. The van der Waals surface area contributed by atoms with Gasteiger partial charge in [-0.2, -0.15) is 0 Å². The highest BCUT2D eigenvalue weighted by atomic mass is 35.5. The highest BCUT2D eigenvalue weighted by molar-refractivity contribution is 6.31. The lowest BCUT2D eigenvalue weighted by Crippen LogP contribution is -2.26. The molecule has 0 aliphatic carbocycles. The fourth-order valence-corrected chi connectivity index (χ4v) is 2.40. The molecule has 102 valence electrons. The molecule has 1 aromatic heterocycles. The van der Waals surface area contributed by atoms with Gasteiger partial charge in [0.2, 0.25) is 5.91 Å². The van der Waals surface area contributed by atoms with Gasteiger partial charge >= 0.3 is 0 Å². The van der Waals surface area contributed by atoms with Crippen LogP contribution in [0.1, 0.15) is 11.1 Å². The first-order valence-electron chi connectivity index (χ1n) is 6.11. The Morgan fingerprint density at radius 3 is 2.75 bits per heavy atom. The maximum Gasteiger partial charge on any atom is 0.233 e. The van der Waals surface area contributed by atoms with Crippen LogP contribution in [0.25, 0.3) is 0 Å². The molecular formula is C14H12ClN3O2. The third-order valence-corrected chi connectivity index (χ3v) is 3.58. The second kappa shape index (κ2) is 5.09. The Balaban J connectivity index is 1.88. The summed E-state index contributed by atoms with van der Waals surface area (Å²) < 4.78 is 5.11. The number of halogens is 1. The van der Waals surface area contributed by atoms with Gasteiger partial charge in [0.05, 0.1) is 20.1 Å². The fourth-order valence-electron chi connectivity index (χ4n) is 2.21. The number of carbonyl (C=O) groups excluding carboxylic acids is 1. The number of aromatic nitrogens is 2. The van der Waals surface area contributed by atoms with E-state index in [0.29, 0.717) is 23.1 Å². The Bertz CT molecular complexity index is 658. The third kappa shape index (κ3) is 2.20. The van der Waals surface area contributed by atoms with E-state index < -0.39 is 0 Å². The molecule has 5 nitrogen and oxygen atoms in total. The zero-order valence-electron chi connectivity index (χ0n) is 10.8. The van der Waals surface area contributed by atoms with Crippen molar-refractivity contribution in [2.75, 3.05) is 12.0 Å². The number of ether oxygens (including phenoxy) is 1. The minimum atomic E-state index is -0.0155. The van der Waals surface area contributed by atoms with Gasteiger partial charge in [-0.05, 0) is 17.7 Å². The molecule has 0 radical (unpaired) electrons. The standard InChI is InChI=1S/C14H12ClN3O2/c1-20-10-4-2-9(3-5-10)7-18-12(19)6-11-13(15)16-8-17-14(11)18/h2-5,8H,6-7H2,1H3. The van der Waals surface area contributed by atoms with E-state index in [-0.39, 0.29) is 12.3 Å². The number of benzene rings is 1. The summed E-state index contributed by atoms with van der Waals surface area (Å²) in [6.45, 7) is 0.461. The lowest BCUT2D eigenvalue weighted by molar-refractivity contribution is -0.117. The van der Waals surface area contributed by atoms with Crippen LogP contribution in [0.3, 0.4) is 0 Å². The molecule has 1 aliphatic heterocycles. The van der Waals surface area contributed by atoms with E-state index in [1.54, 1.807) is 12.0 Å². The summed E-state index contributed by atoms with van der Waals surface area (Å²) in [5.41, 5.74) is 1.70. The van der Waals surface area contributed by atoms with E-state index in [0.717, 1.165) is 11.3 Å². The molecule has 3 rings (SSSR count). The molecule has 2 heterocycles. The average molecular weight is 290 g/mol. The van der Waals surface area contributed by atoms with Crippen molar-refractivity contribution in [3.8, 4) is 5.75 Å². The third-order valence-electron chi connectivity index (χ3n) is 3.25. The van der Waals surface area contributed by atoms with Gasteiger partial charge in [-0.3, -0.25) is 9.69 Å². The van der Waals surface area contributed by atoms with Crippen molar-refractivity contribution in [1.29, 1.82) is 0 Å². The molecule has 0 spiro atoms. The van der Waals surface area contributed by atoms with Gasteiger partial charge in [0.15, 0.2) is 0 Å². The zero-order valence-corrected chi connectivity index (χ0v) is 11.6. The number of methoxy groups -OCH3 is 1. The molecule has 0 N–H and O–H groups in total. The van der Waals surface area contributed by atoms with E-state index in [2.05, 4.69) is 9.97 Å². The largest absolute Gasteiger partial charge is 0.497 e. The minimum absolute atomic E-state index is 0.0155. The first-order valence-corrected chi connectivity index (χ1v) is 6.49. The number of nitrogens with zero attached hydrogens (tertiary/aromatic N) is 3. The summed E-state index contributed by atoms with van der Waals surface area (Å²) in [5, 5.41) is 0.348. The first-order chi connectivity index (χ1) is 9.69. The van der Waals surface area contributed by atoms with E-state index in [4.69, 9.17) is 16.3 Å². The van der Waals surface area contributed by atoms with Crippen molar-refractivity contribution in [1.82, 2.24) is 9.97 Å². The fraction of sp³-hybridized carbons (Fsp3) is 0.214. The van der Waals surface area contributed by atoms with E-state index in [1.807, 2.05) is 24.3 Å². The van der Waals surface area contributed by atoms with Gasteiger partial charge in [0, 0.05) is 5.56 Å². The molecule has 1 aromatic carbocycles. The lowest BCUT2D eigenvalue weighted by atomic mass is 10.2. The summed E-state index contributed by atoms with van der Waals surface area (Å²) in [6.07, 6.45) is 1.63. The topological polar surface area (TPSA) is 55.3 Å². The summed E-state index contributed by atoms with van der Waals surface area (Å²) >= 11 is 6.00. The second-order valence-electron chi connectivity index (χ2n) is 4.47. The number of hydrogen-bond acceptors (Lipinski definition) is 4. The van der Waals surface area contributed by atoms with Gasteiger partial charge in [0.1, 0.15) is 23.0 Å². The van der Waals surface area contributed by atoms with E-state index in [1.165, 1.54) is 6.33 Å². The molecule has 20 heavy (non-hydrogen) atoms. The molecular weight excluding hydrogens is 278 g/mol. The van der Waals surface area contributed by atoms with Crippen LogP contribution < -0.4 is 9.64 Å². The number of fused-ring (bicyclic) bond motifs is 1. The smallest absolute Gasteiger partial charge is 0.233 e. The van der Waals surface area contributed by atoms with Crippen LogP contribution in [0.2, 0.25) is 5.15 Å². The number of carbonyl (C=O) groups is 1. The molecule has 0 saturated carbocycles. The summed E-state index contributed by atoms with van der Waals surface area (Å²) in [7, 11) is 1.62. The average Bonchev–Trinajstić information content (AvgIpc) is 2.78. The number of hydrogen-bond donors (Lipinski definition) is 0. The summed E-state index contributed by atoms with van der Waals surface area (Å²) in [4.78, 5) is 21.8. The first kappa shape index (κ1) is 12.9. The van der Waals surface area contributed by atoms with Gasteiger partial charge in [-0.25, -0.2) is 9.97 Å². The predicted octanol–water partition coefficient (Wildman–Crippen LogP) is 2.23. The van der Waals surface area contributed by atoms with Crippen LogP contribution in [-0.2, 0) is 17.8 Å². The maximum atomic E-state index is 12.1. The van der Waals surface area contributed by atoms with Crippen molar-refractivity contribution in [2.45, 2.75) is 13.0 Å². The molecule has 0 fully saturated rings. The van der Waals surface area contributed by atoms with Crippen LogP contribution in [0.5, 0.6) is 5.75 Å². The maximum absolute atomic E-state index is 12.1. The SMILES string of the molecule is COc1ccc(CN2C(=O)Cc3c(Cl)ncnc32)cc1. The monoisotopic (exact) mass is 289 g/mol. The normalized spacial score (nSPS) is 13.5. The number of rotatable bonds is 3. The quantitative estimate of drug-likeness (QED) is 0.813. The molecule has 1 amide bonds. The van der Waals surface area contributed by atoms with Gasteiger partial charge in [0.25, 0.3) is 0 Å². The van der Waals surface area contributed by atoms with Crippen LogP contribution in [0, 0.1) is 0 Å². The number of anilines is 1. The number of amides is 1. The van der Waals surface area contributed by atoms with Gasteiger partial charge in [-0.15, -0.1) is 0 Å². The van der Waals surface area contributed by atoms with Gasteiger partial charge in [-0.1, -0.05) is 23.7 Å². The predicted molar refractivity (Wildman–Crippen MR) is 74.9 cm³/mol. The van der Waals surface area contributed by atoms with Crippen LogP contribution >= 0.6 is 11.6 Å². The highest BCUT2D eigenvalue weighted by Crippen LogP contribution is 2.31. The second-order valence-corrected chi connectivity index (χ2v) is 4.83. The van der Waals surface area contributed by atoms with Crippen molar-refractivity contribution in [3.05, 3.63) is 46.9 Å². The van der Waals surface area contributed by atoms with Crippen molar-refractivity contribution in [3.63, 3.8) is 0 Å². The lowest BCUT2D eigenvalue weighted by Gasteiger charge is -2.16. The molecule has 1 aliphatic rings. The van der Waals surface area contributed by atoms with Gasteiger partial charge < -0.3 is 4.74 Å². The van der Waals surface area contributed by atoms with Crippen LogP contribution in [0.4, 0.5) is 5.82 Å². The van der Waals surface area contributed by atoms with Crippen molar-refractivity contribution in [2.24, 2.45) is 0 Å². The molecule has 0 atom stereocenters. The van der Waals surface area contributed by atoms with Crippen molar-refractivity contribution < 1.29 is 9.53 Å². The van der Waals surface area contributed by atoms with E-state index in [9.17, 15) is 4.79 Å². The van der Waals surface area contributed by atoms with E-state index >= 15 is 0 Å². The summed E-state index contributed by atoms with van der Waals surface area (Å²) in [6, 6.07) is 7.58. The Morgan fingerprint density at radius 2 is 2.05 bits per heavy atom. The molecule has 0 bridgehead atoms. The van der Waals surface area contributed by atoms with Crippen molar-refractivity contribution >= 4 is 23.3 Å². The molecule has 2 aromatic rings. The Kier molecular flexibility index (Phi) is 3.28. The molecule has 0 saturated heterocycles. The Hall–Kier alpha value is -2.14. The van der Waals surface area contributed by atoms with Crippen LogP contribution in [0.15, 0.2) is 30.6 Å². The minimum Gasteiger partial charge on any atom is -0.497 e.